The summed E-state index contributed by atoms with van der Waals surface area (Å²) < 4.78 is 5.26. The number of hydrogen-bond donors (Lipinski definition) is 0. The standard InChI is InChI=1S/C14H28O2/c1-5-12(4)9-8-10-14(15)16-11-13(6-2)7-3/h12-13H,5-11H2,1-4H3. The molecule has 0 fully saturated rings. The van der Waals surface area contributed by atoms with E-state index >= 15 is 0 Å². The number of ether oxygens (including phenoxy) is 1. The van der Waals surface area contributed by atoms with Gasteiger partial charge in [-0.3, -0.25) is 4.79 Å². The first-order valence-electron chi connectivity index (χ1n) is 6.79. The molecule has 0 aromatic rings. The SMILES string of the molecule is CCC(C)CCCC(=O)OCC(CC)CC. The Labute approximate surface area is 101 Å². The van der Waals surface area contributed by atoms with E-state index in [1.54, 1.807) is 0 Å². The number of carbonyl (C=O) groups excluding carboxylic acids is 1. The molecule has 0 aliphatic rings. The molecular weight excluding hydrogens is 200 g/mol. The highest BCUT2D eigenvalue weighted by molar-refractivity contribution is 5.69. The van der Waals surface area contributed by atoms with Crippen LogP contribution < -0.4 is 0 Å². The predicted octanol–water partition coefficient (Wildman–Crippen LogP) is 4.18. The first-order chi connectivity index (χ1) is 7.63. The summed E-state index contributed by atoms with van der Waals surface area (Å²) in [5, 5.41) is 0. The topological polar surface area (TPSA) is 26.3 Å². The molecule has 0 saturated carbocycles. The van der Waals surface area contributed by atoms with E-state index in [-0.39, 0.29) is 5.97 Å². The average Bonchev–Trinajstić information content (AvgIpc) is 2.30. The second kappa shape index (κ2) is 9.68. The fraction of sp³-hybridized carbons (Fsp3) is 0.929. The van der Waals surface area contributed by atoms with Crippen LogP contribution in [-0.4, -0.2) is 12.6 Å². The summed E-state index contributed by atoms with van der Waals surface area (Å²) in [6.45, 7) is 9.32. The van der Waals surface area contributed by atoms with Gasteiger partial charge in [-0.1, -0.05) is 53.4 Å². The fourth-order valence-corrected chi connectivity index (χ4v) is 1.61. The molecule has 0 amide bonds. The number of rotatable bonds is 9. The quantitative estimate of drug-likeness (QED) is 0.553. The summed E-state index contributed by atoms with van der Waals surface area (Å²) in [6, 6.07) is 0. The van der Waals surface area contributed by atoms with E-state index in [0.717, 1.165) is 31.6 Å². The van der Waals surface area contributed by atoms with Gasteiger partial charge in [-0.15, -0.1) is 0 Å². The number of hydrogen-bond acceptors (Lipinski definition) is 2. The molecule has 0 aromatic heterocycles. The molecule has 0 aliphatic carbocycles. The first kappa shape index (κ1) is 15.5. The van der Waals surface area contributed by atoms with Crippen molar-refractivity contribution in [1.82, 2.24) is 0 Å². The van der Waals surface area contributed by atoms with E-state index in [2.05, 4.69) is 27.7 Å². The minimum atomic E-state index is -0.0183. The molecule has 0 heterocycles. The molecular formula is C14H28O2. The Morgan fingerprint density at radius 2 is 1.75 bits per heavy atom. The molecule has 96 valence electrons. The lowest BCUT2D eigenvalue weighted by molar-refractivity contribution is -0.145. The third kappa shape index (κ3) is 7.72. The largest absolute Gasteiger partial charge is 0.465 e. The predicted molar refractivity (Wildman–Crippen MR) is 68.3 cm³/mol. The third-order valence-corrected chi connectivity index (χ3v) is 3.41. The Bertz CT molecular complexity index is 174. The molecule has 0 rings (SSSR count). The number of esters is 1. The molecule has 2 heteroatoms. The van der Waals surface area contributed by atoms with E-state index in [4.69, 9.17) is 4.74 Å². The molecule has 2 nitrogen and oxygen atoms in total. The minimum Gasteiger partial charge on any atom is -0.465 e. The molecule has 0 aliphatic heterocycles. The van der Waals surface area contributed by atoms with Crippen molar-refractivity contribution in [1.29, 1.82) is 0 Å². The van der Waals surface area contributed by atoms with Crippen LogP contribution in [0.25, 0.3) is 0 Å². The monoisotopic (exact) mass is 228 g/mol. The smallest absolute Gasteiger partial charge is 0.305 e. The van der Waals surface area contributed by atoms with Crippen molar-refractivity contribution in [2.24, 2.45) is 11.8 Å². The van der Waals surface area contributed by atoms with Gasteiger partial charge in [-0.25, -0.2) is 0 Å². The maximum atomic E-state index is 11.4. The lowest BCUT2D eigenvalue weighted by Gasteiger charge is -2.13. The van der Waals surface area contributed by atoms with Crippen molar-refractivity contribution in [3.05, 3.63) is 0 Å². The zero-order chi connectivity index (χ0) is 12.4. The second-order valence-corrected chi connectivity index (χ2v) is 4.77. The van der Waals surface area contributed by atoms with Crippen LogP contribution >= 0.6 is 0 Å². The van der Waals surface area contributed by atoms with Crippen LogP contribution in [0.15, 0.2) is 0 Å². The van der Waals surface area contributed by atoms with E-state index in [1.165, 1.54) is 6.42 Å². The summed E-state index contributed by atoms with van der Waals surface area (Å²) >= 11 is 0. The first-order valence-corrected chi connectivity index (χ1v) is 6.79. The van der Waals surface area contributed by atoms with E-state index in [1.807, 2.05) is 0 Å². The average molecular weight is 228 g/mol. The Kier molecular flexibility index (Phi) is 9.36. The molecule has 0 radical (unpaired) electrons. The van der Waals surface area contributed by atoms with Gasteiger partial charge in [0.1, 0.15) is 0 Å². The zero-order valence-corrected chi connectivity index (χ0v) is 11.4. The normalized spacial score (nSPS) is 12.8. The van der Waals surface area contributed by atoms with Gasteiger partial charge in [0.25, 0.3) is 0 Å². The molecule has 1 atom stereocenters. The van der Waals surface area contributed by atoms with Crippen LogP contribution in [0, 0.1) is 11.8 Å². The molecule has 1 unspecified atom stereocenters. The van der Waals surface area contributed by atoms with Crippen molar-refractivity contribution in [2.75, 3.05) is 6.61 Å². The van der Waals surface area contributed by atoms with Crippen molar-refractivity contribution in [3.63, 3.8) is 0 Å². The van der Waals surface area contributed by atoms with Crippen LogP contribution in [0.2, 0.25) is 0 Å². The summed E-state index contributed by atoms with van der Waals surface area (Å²) in [5.41, 5.74) is 0. The van der Waals surface area contributed by atoms with E-state index < -0.39 is 0 Å². The lowest BCUT2D eigenvalue weighted by atomic mass is 10.0. The van der Waals surface area contributed by atoms with Gasteiger partial charge >= 0.3 is 5.97 Å². The van der Waals surface area contributed by atoms with Gasteiger partial charge in [0.05, 0.1) is 6.61 Å². The highest BCUT2D eigenvalue weighted by Gasteiger charge is 2.08. The maximum Gasteiger partial charge on any atom is 0.305 e. The second-order valence-electron chi connectivity index (χ2n) is 4.77. The lowest BCUT2D eigenvalue weighted by Crippen LogP contribution is -2.13. The van der Waals surface area contributed by atoms with Gasteiger partial charge < -0.3 is 4.74 Å². The number of carbonyl (C=O) groups is 1. The van der Waals surface area contributed by atoms with Crippen LogP contribution in [0.3, 0.4) is 0 Å². The van der Waals surface area contributed by atoms with E-state index in [0.29, 0.717) is 18.9 Å². The van der Waals surface area contributed by atoms with Crippen molar-refractivity contribution in [2.45, 2.75) is 66.2 Å². The van der Waals surface area contributed by atoms with Gasteiger partial charge in [0.15, 0.2) is 0 Å². The molecule has 0 spiro atoms. The summed E-state index contributed by atoms with van der Waals surface area (Å²) in [5.74, 6) is 1.25. The van der Waals surface area contributed by atoms with Crippen molar-refractivity contribution >= 4 is 5.97 Å². The third-order valence-electron chi connectivity index (χ3n) is 3.41. The van der Waals surface area contributed by atoms with Crippen LogP contribution in [0.1, 0.15) is 66.2 Å². The summed E-state index contributed by atoms with van der Waals surface area (Å²) in [4.78, 5) is 11.4. The highest BCUT2D eigenvalue weighted by atomic mass is 16.5. The highest BCUT2D eigenvalue weighted by Crippen LogP contribution is 2.12. The van der Waals surface area contributed by atoms with Gasteiger partial charge in [-0.05, 0) is 18.3 Å². The van der Waals surface area contributed by atoms with E-state index in [9.17, 15) is 4.79 Å². The molecule has 0 bridgehead atoms. The Morgan fingerprint density at radius 3 is 2.25 bits per heavy atom. The molecule has 0 N–H and O–H groups in total. The van der Waals surface area contributed by atoms with Crippen LogP contribution in [0.5, 0.6) is 0 Å². The molecule has 0 saturated heterocycles. The van der Waals surface area contributed by atoms with Gasteiger partial charge in [0, 0.05) is 6.42 Å². The Balaban J connectivity index is 3.51. The zero-order valence-electron chi connectivity index (χ0n) is 11.4. The van der Waals surface area contributed by atoms with Crippen LogP contribution in [-0.2, 0) is 9.53 Å². The summed E-state index contributed by atoms with van der Waals surface area (Å²) in [6.07, 6.45) is 6.08. The molecule has 0 aromatic carbocycles. The summed E-state index contributed by atoms with van der Waals surface area (Å²) in [7, 11) is 0. The van der Waals surface area contributed by atoms with Crippen molar-refractivity contribution < 1.29 is 9.53 Å². The minimum absolute atomic E-state index is 0.0183. The fourth-order valence-electron chi connectivity index (χ4n) is 1.61. The molecule has 16 heavy (non-hydrogen) atoms. The van der Waals surface area contributed by atoms with Crippen molar-refractivity contribution in [3.8, 4) is 0 Å². The van der Waals surface area contributed by atoms with Gasteiger partial charge in [-0.2, -0.15) is 0 Å². The van der Waals surface area contributed by atoms with Crippen LogP contribution in [0.4, 0.5) is 0 Å². The Hall–Kier alpha value is -0.530. The van der Waals surface area contributed by atoms with Gasteiger partial charge in [0.2, 0.25) is 0 Å². The Morgan fingerprint density at radius 1 is 1.12 bits per heavy atom. The maximum absolute atomic E-state index is 11.4.